The van der Waals surface area contributed by atoms with Crippen molar-refractivity contribution in [2.24, 2.45) is 0 Å². The van der Waals surface area contributed by atoms with Gasteiger partial charge in [-0.2, -0.15) is 11.8 Å². The second-order valence-electron chi connectivity index (χ2n) is 5.48. The summed E-state index contributed by atoms with van der Waals surface area (Å²) < 4.78 is 5.49. The average Bonchev–Trinajstić information content (AvgIpc) is 2.82. The highest BCUT2D eigenvalue weighted by atomic mass is 32.2. The number of carbonyl (C=O) groups is 1. The molecule has 1 aromatic carbocycles. The first-order chi connectivity index (χ1) is 11.2. The summed E-state index contributed by atoms with van der Waals surface area (Å²) in [6.45, 7) is 6.83. The highest BCUT2D eigenvalue weighted by Crippen LogP contribution is 2.20. The molecule has 1 saturated heterocycles. The SMILES string of the molecule is CCOc1ccc(N2CCCN(C(=O)NCCSC)CC2)cc1. The molecule has 1 aromatic rings. The number of urea groups is 1. The number of rotatable bonds is 6. The molecule has 0 atom stereocenters. The molecular weight excluding hydrogens is 310 g/mol. The first-order valence-corrected chi connectivity index (χ1v) is 9.63. The predicted molar refractivity (Wildman–Crippen MR) is 97.8 cm³/mol. The second kappa shape index (κ2) is 9.55. The van der Waals surface area contributed by atoms with Gasteiger partial charge < -0.3 is 19.9 Å². The van der Waals surface area contributed by atoms with Gasteiger partial charge in [0.2, 0.25) is 0 Å². The van der Waals surface area contributed by atoms with Gasteiger partial charge in [0.05, 0.1) is 6.61 Å². The van der Waals surface area contributed by atoms with Crippen LogP contribution in [0, 0.1) is 0 Å². The molecule has 0 spiro atoms. The van der Waals surface area contributed by atoms with Crippen LogP contribution in [0.25, 0.3) is 0 Å². The summed E-state index contributed by atoms with van der Waals surface area (Å²) >= 11 is 1.74. The minimum Gasteiger partial charge on any atom is -0.494 e. The standard InChI is InChI=1S/C17H27N3O2S/c1-3-22-16-7-5-15(6-8-16)19-10-4-11-20(13-12-19)17(21)18-9-14-23-2/h5-8H,3-4,9-14H2,1-2H3,(H,18,21). The number of anilines is 1. The molecular formula is C17H27N3O2S. The van der Waals surface area contributed by atoms with E-state index >= 15 is 0 Å². The van der Waals surface area contributed by atoms with Crippen LogP contribution in [0.5, 0.6) is 5.75 Å². The molecule has 2 amide bonds. The van der Waals surface area contributed by atoms with Crippen molar-refractivity contribution in [2.45, 2.75) is 13.3 Å². The Balaban J connectivity index is 1.86. The minimum atomic E-state index is 0.0626. The first kappa shape index (κ1) is 17.8. The fourth-order valence-corrected chi connectivity index (χ4v) is 2.98. The van der Waals surface area contributed by atoms with Gasteiger partial charge in [0.1, 0.15) is 5.75 Å². The van der Waals surface area contributed by atoms with Crippen molar-refractivity contribution >= 4 is 23.5 Å². The van der Waals surface area contributed by atoms with E-state index in [9.17, 15) is 4.79 Å². The average molecular weight is 337 g/mol. The number of carbonyl (C=O) groups excluding carboxylic acids is 1. The highest BCUT2D eigenvalue weighted by molar-refractivity contribution is 7.98. The zero-order valence-electron chi connectivity index (χ0n) is 14.1. The Morgan fingerprint density at radius 2 is 2.00 bits per heavy atom. The zero-order valence-corrected chi connectivity index (χ0v) is 14.9. The number of hydrogen-bond acceptors (Lipinski definition) is 4. The molecule has 1 aliphatic heterocycles. The van der Waals surface area contributed by atoms with E-state index in [1.54, 1.807) is 11.8 Å². The molecule has 1 heterocycles. The lowest BCUT2D eigenvalue weighted by atomic mass is 10.2. The van der Waals surface area contributed by atoms with E-state index in [0.717, 1.165) is 50.6 Å². The lowest BCUT2D eigenvalue weighted by Crippen LogP contribution is -2.42. The Morgan fingerprint density at radius 1 is 1.22 bits per heavy atom. The van der Waals surface area contributed by atoms with Crippen molar-refractivity contribution in [3.05, 3.63) is 24.3 Å². The molecule has 6 heteroatoms. The molecule has 5 nitrogen and oxygen atoms in total. The summed E-state index contributed by atoms with van der Waals surface area (Å²) in [5.41, 5.74) is 1.19. The molecule has 0 aromatic heterocycles. The van der Waals surface area contributed by atoms with Gasteiger partial charge in [-0.3, -0.25) is 0 Å². The van der Waals surface area contributed by atoms with Crippen LogP contribution in [-0.2, 0) is 0 Å². The highest BCUT2D eigenvalue weighted by Gasteiger charge is 2.18. The van der Waals surface area contributed by atoms with Gasteiger partial charge in [-0.25, -0.2) is 4.79 Å². The third kappa shape index (κ3) is 5.53. The fourth-order valence-electron chi connectivity index (χ4n) is 2.67. The Kier molecular flexibility index (Phi) is 7.39. The summed E-state index contributed by atoms with van der Waals surface area (Å²) in [6.07, 6.45) is 3.04. The van der Waals surface area contributed by atoms with Crippen molar-refractivity contribution in [1.29, 1.82) is 0 Å². The Bertz CT molecular complexity index is 481. The normalized spacial score (nSPS) is 15.2. The molecule has 2 rings (SSSR count). The maximum Gasteiger partial charge on any atom is 0.317 e. The van der Waals surface area contributed by atoms with Gasteiger partial charge in [0, 0.05) is 44.2 Å². The van der Waals surface area contributed by atoms with E-state index in [0.29, 0.717) is 6.61 Å². The zero-order chi connectivity index (χ0) is 16.5. The molecule has 1 N–H and O–H groups in total. The van der Waals surface area contributed by atoms with Gasteiger partial charge in [0.25, 0.3) is 0 Å². The number of nitrogens with one attached hydrogen (secondary N) is 1. The van der Waals surface area contributed by atoms with Crippen molar-refractivity contribution in [3.8, 4) is 5.75 Å². The number of nitrogens with zero attached hydrogens (tertiary/aromatic N) is 2. The smallest absolute Gasteiger partial charge is 0.317 e. The number of ether oxygens (including phenoxy) is 1. The molecule has 128 valence electrons. The van der Waals surface area contributed by atoms with Gasteiger partial charge >= 0.3 is 6.03 Å². The van der Waals surface area contributed by atoms with E-state index < -0.39 is 0 Å². The van der Waals surface area contributed by atoms with E-state index in [1.807, 2.05) is 30.2 Å². The van der Waals surface area contributed by atoms with Crippen LogP contribution < -0.4 is 15.0 Å². The number of benzene rings is 1. The molecule has 1 fully saturated rings. The summed E-state index contributed by atoms with van der Waals surface area (Å²) in [5.74, 6) is 1.86. The maximum atomic E-state index is 12.2. The van der Waals surface area contributed by atoms with Crippen molar-refractivity contribution in [2.75, 3.05) is 56.2 Å². The maximum absolute atomic E-state index is 12.2. The van der Waals surface area contributed by atoms with Crippen molar-refractivity contribution < 1.29 is 9.53 Å². The third-order valence-electron chi connectivity index (χ3n) is 3.88. The molecule has 0 radical (unpaired) electrons. The Hall–Kier alpha value is -1.56. The van der Waals surface area contributed by atoms with Crippen LogP contribution >= 0.6 is 11.8 Å². The predicted octanol–water partition coefficient (Wildman–Crippen LogP) is 2.67. The topological polar surface area (TPSA) is 44.8 Å². The largest absolute Gasteiger partial charge is 0.494 e. The van der Waals surface area contributed by atoms with Crippen molar-refractivity contribution in [3.63, 3.8) is 0 Å². The van der Waals surface area contributed by atoms with Crippen LogP contribution in [0.1, 0.15) is 13.3 Å². The Morgan fingerprint density at radius 3 is 2.70 bits per heavy atom. The van der Waals surface area contributed by atoms with Gasteiger partial charge in [-0.15, -0.1) is 0 Å². The molecule has 0 bridgehead atoms. The van der Waals surface area contributed by atoms with Gasteiger partial charge in [-0.1, -0.05) is 0 Å². The summed E-state index contributed by atoms with van der Waals surface area (Å²) in [5, 5.41) is 2.99. The first-order valence-electron chi connectivity index (χ1n) is 8.24. The van der Waals surface area contributed by atoms with Crippen LogP contribution in [0.15, 0.2) is 24.3 Å². The van der Waals surface area contributed by atoms with Crippen LogP contribution in [-0.4, -0.2) is 62.3 Å². The van der Waals surface area contributed by atoms with E-state index in [1.165, 1.54) is 5.69 Å². The van der Waals surface area contributed by atoms with E-state index in [-0.39, 0.29) is 6.03 Å². The summed E-state index contributed by atoms with van der Waals surface area (Å²) in [6, 6.07) is 8.28. The van der Waals surface area contributed by atoms with E-state index in [2.05, 4.69) is 22.3 Å². The monoisotopic (exact) mass is 337 g/mol. The molecule has 23 heavy (non-hydrogen) atoms. The minimum absolute atomic E-state index is 0.0626. The number of thioether (sulfide) groups is 1. The molecule has 0 saturated carbocycles. The third-order valence-corrected chi connectivity index (χ3v) is 4.49. The molecule has 1 aliphatic rings. The lowest BCUT2D eigenvalue weighted by molar-refractivity contribution is 0.202. The number of hydrogen-bond donors (Lipinski definition) is 1. The van der Waals surface area contributed by atoms with Crippen molar-refractivity contribution in [1.82, 2.24) is 10.2 Å². The Labute approximate surface area is 143 Å². The van der Waals surface area contributed by atoms with E-state index in [4.69, 9.17) is 4.74 Å². The van der Waals surface area contributed by atoms with Gasteiger partial charge in [-0.05, 0) is 43.9 Å². The number of amides is 2. The summed E-state index contributed by atoms with van der Waals surface area (Å²) in [7, 11) is 0. The quantitative estimate of drug-likeness (QED) is 0.811. The van der Waals surface area contributed by atoms with Crippen LogP contribution in [0.3, 0.4) is 0 Å². The van der Waals surface area contributed by atoms with Gasteiger partial charge in [0.15, 0.2) is 0 Å². The molecule has 0 aliphatic carbocycles. The van der Waals surface area contributed by atoms with Crippen LogP contribution in [0.2, 0.25) is 0 Å². The lowest BCUT2D eigenvalue weighted by Gasteiger charge is -2.24. The second-order valence-corrected chi connectivity index (χ2v) is 6.46. The fraction of sp³-hybridized carbons (Fsp3) is 0.588. The van der Waals surface area contributed by atoms with Crippen LogP contribution in [0.4, 0.5) is 10.5 Å². The molecule has 0 unspecified atom stereocenters. The summed E-state index contributed by atoms with van der Waals surface area (Å²) in [4.78, 5) is 16.4.